The maximum absolute atomic E-state index is 12.9. The number of alkyl halides is 3. The molecule has 0 amide bonds. The van der Waals surface area contributed by atoms with Crippen molar-refractivity contribution in [3.63, 3.8) is 0 Å². The minimum Gasteiger partial charge on any atom is -0.491 e. The van der Waals surface area contributed by atoms with Crippen molar-refractivity contribution in [3.8, 4) is 5.75 Å². The Morgan fingerprint density at radius 2 is 2.08 bits per heavy atom. The van der Waals surface area contributed by atoms with E-state index < -0.39 is 11.7 Å². The number of hydrogen-bond donors (Lipinski definition) is 2. The molecule has 0 heterocycles. The summed E-state index contributed by atoms with van der Waals surface area (Å²) >= 11 is 3.02. The van der Waals surface area contributed by atoms with Gasteiger partial charge in [-0.1, -0.05) is 15.9 Å². The number of ether oxygens (including phenoxy) is 2. The van der Waals surface area contributed by atoms with E-state index in [0.29, 0.717) is 24.2 Å². The molecule has 24 heavy (non-hydrogen) atoms. The van der Waals surface area contributed by atoms with E-state index in [4.69, 9.17) is 15.2 Å². The normalized spacial score (nSPS) is 12.3. The van der Waals surface area contributed by atoms with Crippen LogP contribution in [0.15, 0.2) is 27.7 Å². The molecule has 1 rings (SSSR count). The Morgan fingerprint density at radius 3 is 2.75 bits per heavy atom. The monoisotopic (exact) mass is 411 g/mol. The highest BCUT2D eigenvalue weighted by atomic mass is 79.9. The van der Waals surface area contributed by atoms with E-state index in [0.717, 1.165) is 12.5 Å². The number of benzene rings is 1. The third-order valence-corrected chi connectivity index (χ3v) is 3.34. The number of rotatable bonds is 9. The lowest BCUT2D eigenvalue weighted by atomic mass is 10.2. The maximum Gasteiger partial charge on any atom is 0.420 e. The minimum atomic E-state index is -4.48. The summed E-state index contributed by atoms with van der Waals surface area (Å²) in [6.45, 7) is 3.97. The van der Waals surface area contributed by atoms with Crippen molar-refractivity contribution in [2.75, 3.05) is 32.9 Å². The second kappa shape index (κ2) is 10.4. The lowest BCUT2D eigenvalue weighted by molar-refractivity contribution is -0.139. The summed E-state index contributed by atoms with van der Waals surface area (Å²) in [6.07, 6.45) is -3.73. The predicted molar refractivity (Wildman–Crippen MR) is 90.2 cm³/mol. The average molecular weight is 412 g/mol. The van der Waals surface area contributed by atoms with Crippen LogP contribution in [0.5, 0.6) is 5.75 Å². The van der Waals surface area contributed by atoms with Crippen LogP contribution in [0.2, 0.25) is 0 Å². The van der Waals surface area contributed by atoms with E-state index in [1.165, 1.54) is 12.1 Å². The third-order valence-electron chi connectivity index (χ3n) is 2.85. The van der Waals surface area contributed by atoms with Crippen LogP contribution < -0.4 is 15.8 Å². The van der Waals surface area contributed by atoms with Crippen LogP contribution in [0.25, 0.3) is 0 Å². The van der Waals surface area contributed by atoms with Gasteiger partial charge in [-0.25, -0.2) is 0 Å². The molecule has 0 aliphatic heterocycles. The van der Waals surface area contributed by atoms with Gasteiger partial charge in [-0.15, -0.1) is 0 Å². The second-order valence-corrected chi connectivity index (χ2v) is 5.65. The number of nitrogens with zero attached hydrogens (tertiary/aromatic N) is 1. The average Bonchev–Trinajstić information content (AvgIpc) is 2.51. The van der Waals surface area contributed by atoms with E-state index in [-0.39, 0.29) is 24.9 Å². The molecule has 0 unspecified atom stereocenters. The first-order chi connectivity index (χ1) is 11.3. The van der Waals surface area contributed by atoms with Crippen LogP contribution in [-0.2, 0) is 10.9 Å². The third kappa shape index (κ3) is 7.87. The smallest absolute Gasteiger partial charge is 0.420 e. The molecule has 9 heteroatoms. The Labute approximate surface area is 147 Å². The summed E-state index contributed by atoms with van der Waals surface area (Å²) in [4.78, 5) is 4.07. The molecule has 1 aromatic rings. The van der Waals surface area contributed by atoms with Gasteiger partial charge in [0, 0.05) is 24.2 Å². The van der Waals surface area contributed by atoms with Crippen LogP contribution >= 0.6 is 15.9 Å². The summed E-state index contributed by atoms with van der Waals surface area (Å²) in [7, 11) is 0. The van der Waals surface area contributed by atoms with Crippen LogP contribution in [0, 0.1) is 0 Å². The van der Waals surface area contributed by atoms with Crippen molar-refractivity contribution in [1.82, 2.24) is 5.32 Å². The molecule has 0 fully saturated rings. The number of halogens is 4. The van der Waals surface area contributed by atoms with Crippen molar-refractivity contribution >= 4 is 21.9 Å². The SMILES string of the molecule is CCOCCCN=C(N)NCCOc1ccc(Br)cc1C(F)(F)F. The van der Waals surface area contributed by atoms with Crippen LogP contribution in [-0.4, -0.2) is 38.9 Å². The summed E-state index contributed by atoms with van der Waals surface area (Å²) in [6, 6.07) is 3.75. The van der Waals surface area contributed by atoms with Crippen molar-refractivity contribution in [1.29, 1.82) is 0 Å². The van der Waals surface area contributed by atoms with Gasteiger partial charge < -0.3 is 20.5 Å². The molecule has 136 valence electrons. The fourth-order valence-electron chi connectivity index (χ4n) is 1.76. The van der Waals surface area contributed by atoms with E-state index in [1.54, 1.807) is 0 Å². The van der Waals surface area contributed by atoms with Gasteiger partial charge in [-0.2, -0.15) is 13.2 Å². The number of guanidine groups is 1. The first-order valence-electron chi connectivity index (χ1n) is 7.45. The van der Waals surface area contributed by atoms with Gasteiger partial charge in [0.25, 0.3) is 0 Å². The maximum atomic E-state index is 12.9. The Kier molecular flexibility index (Phi) is 8.91. The van der Waals surface area contributed by atoms with Crippen molar-refractivity contribution in [2.45, 2.75) is 19.5 Å². The van der Waals surface area contributed by atoms with Gasteiger partial charge in [-0.3, -0.25) is 4.99 Å². The van der Waals surface area contributed by atoms with E-state index in [1.807, 2.05) is 6.92 Å². The molecule has 0 bridgehead atoms. The zero-order valence-electron chi connectivity index (χ0n) is 13.3. The van der Waals surface area contributed by atoms with E-state index >= 15 is 0 Å². The Balaban J connectivity index is 2.39. The first-order valence-corrected chi connectivity index (χ1v) is 8.25. The first kappa shape index (κ1) is 20.6. The highest BCUT2D eigenvalue weighted by molar-refractivity contribution is 9.10. The molecule has 0 saturated heterocycles. The molecule has 0 saturated carbocycles. The van der Waals surface area contributed by atoms with Gasteiger partial charge in [0.2, 0.25) is 0 Å². The minimum absolute atomic E-state index is 0.0277. The molecule has 0 aliphatic carbocycles. The Hall–Kier alpha value is -1.48. The molecule has 3 N–H and O–H groups in total. The summed E-state index contributed by atoms with van der Waals surface area (Å²) in [5, 5.41) is 2.78. The quantitative estimate of drug-likeness (QED) is 0.372. The van der Waals surface area contributed by atoms with Crippen molar-refractivity contribution in [2.24, 2.45) is 10.7 Å². The van der Waals surface area contributed by atoms with Crippen LogP contribution in [0.1, 0.15) is 18.9 Å². The van der Waals surface area contributed by atoms with E-state index in [2.05, 4.69) is 26.2 Å². The molecule has 0 radical (unpaired) electrons. The van der Waals surface area contributed by atoms with Crippen molar-refractivity contribution < 1.29 is 22.6 Å². The fourth-order valence-corrected chi connectivity index (χ4v) is 2.12. The fraction of sp³-hybridized carbons (Fsp3) is 0.533. The molecule has 0 aromatic heterocycles. The number of aliphatic imine (C=N–C) groups is 1. The van der Waals surface area contributed by atoms with Gasteiger partial charge in [-0.05, 0) is 31.5 Å². The van der Waals surface area contributed by atoms with Gasteiger partial charge in [0.1, 0.15) is 12.4 Å². The Bertz CT molecular complexity index is 539. The summed E-state index contributed by atoms with van der Waals surface area (Å²) in [5.41, 5.74) is 4.82. The van der Waals surface area contributed by atoms with E-state index in [9.17, 15) is 13.2 Å². The number of nitrogens with two attached hydrogens (primary N) is 1. The number of hydrogen-bond acceptors (Lipinski definition) is 3. The lowest BCUT2D eigenvalue weighted by Crippen LogP contribution is -2.35. The summed E-state index contributed by atoms with van der Waals surface area (Å²) in [5.74, 6) is 0.00155. The molecular formula is C15H21BrF3N3O2. The molecule has 5 nitrogen and oxygen atoms in total. The molecule has 0 aliphatic rings. The topological polar surface area (TPSA) is 68.9 Å². The lowest BCUT2D eigenvalue weighted by Gasteiger charge is -2.14. The molecule has 1 aromatic carbocycles. The van der Waals surface area contributed by atoms with Gasteiger partial charge >= 0.3 is 6.18 Å². The zero-order valence-corrected chi connectivity index (χ0v) is 14.9. The van der Waals surface area contributed by atoms with Crippen LogP contribution in [0.3, 0.4) is 0 Å². The highest BCUT2D eigenvalue weighted by Gasteiger charge is 2.34. The second-order valence-electron chi connectivity index (χ2n) is 4.73. The largest absolute Gasteiger partial charge is 0.491 e. The molecular weight excluding hydrogens is 391 g/mol. The predicted octanol–water partition coefficient (Wildman–Crippen LogP) is 3.18. The molecule has 0 atom stereocenters. The van der Waals surface area contributed by atoms with Crippen LogP contribution in [0.4, 0.5) is 13.2 Å². The van der Waals surface area contributed by atoms with Gasteiger partial charge in [0.05, 0.1) is 12.1 Å². The summed E-state index contributed by atoms with van der Waals surface area (Å²) < 4.78 is 49.5. The van der Waals surface area contributed by atoms with Gasteiger partial charge in [0.15, 0.2) is 5.96 Å². The Morgan fingerprint density at radius 1 is 1.33 bits per heavy atom. The number of nitrogens with one attached hydrogen (secondary N) is 1. The zero-order chi connectivity index (χ0) is 18.0. The standard InChI is InChI=1S/C15H21BrF3N3O2/c1-2-23-8-3-6-21-14(20)22-7-9-24-13-5-4-11(16)10-12(13)15(17,18)19/h4-5,10H,2-3,6-9H2,1H3,(H3,20,21,22). The van der Waals surface area contributed by atoms with Crippen molar-refractivity contribution in [3.05, 3.63) is 28.2 Å². The highest BCUT2D eigenvalue weighted by Crippen LogP contribution is 2.37. The molecule has 0 spiro atoms.